The molecule has 1 saturated heterocycles. The number of likely N-dealkylation sites (N-methyl/N-ethyl adjacent to an activating group) is 1. The number of hydrogen-bond donors (Lipinski definition) is 0. The second-order valence-corrected chi connectivity index (χ2v) is 7.81. The number of thioether (sulfide) groups is 1. The third kappa shape index (κ3) is 2.68. The van der Waals surface area contributed by atoms with E-state index in [0.29, 0.717) is 15.8 Å². The Bertz CT molecular complexity index is 1050. The van der Waals surface area contributed by atoms with Gasteiger partial charge in [0.25, 0.3) is 5.91 Å². The van der Waals surface area contributed by atoms with Crippen molar-refractivity contribution >= 4 is 51.2 Å². The summed E-state index contributed by atoms with van der Waals surface area (Å²) in [5, 5.41) is 1.13. The minimum absolute atomic E-state index is 0.00514. The van der Waals surface area contributed by atoms with Crippen molar-refractivity contribution in [2.75, 3.05) is 6.54 Å². The first kappa shape index (κ1) is 17.1. The maximum atomic E-state index is 12.7. The molecule has 130 valence electrons. The summed E-state index contributed by atoms with van der Waals surface area (Å²) in [5.74, 6) is -0.00514. The van der Waals surface area contributed by atoms with E-state index < -0.39 is 0 Å². The zero-order chi connectivity index (χ0) is 18.3. The van der Waals surface area contributed by atoms with Crippen molar-refractivity contribution in [1.29, 1.82) is 0 Å². The van der Waals surface area contributed by atoms with Crippen LogP contribution < -0.4 is 0 Å². The van der Waals surface area contributed by atoms with E-state index in [1.807, 2.05) is 43.3 Å². The van der Waals surface area contributed by atoms with E-state index in [-0.39, 0.29) is 5.91 Å². The number of amides is 1. The van der Waals surface area contributed by atoms with Gasteiger partial charge in [0.1, 0.15) is 4.32 Å². The first-order valence-electron chi connectivity index (χ1n) is 8.50. The quantitative estimate of drug-likeness (QED) is 0.470. The molecular weight excluding hydrogens is 360 g/mol. The van der Waals surface area contributed by atoms with Gasteiger partial charge in [0, 0.05) is 30.1 Å². The van der Waals surface area contributed by atoms with Gasteiger partial charge in [-0.05, 0) is 24.6 Å². The molecule has 3 aromatic rings. The Balaban J connectivity index is 1.97. The van der Waals surface area contributed by atoms with Gasteiger partial charge in [-0.1, -0.05) is 72.5 Å². The molecule has 0 unspecified atom stereocenters. The summed E-state index contributed by atoms with van der Waals surface area (Å²) < 4.78 is 2.82. The lowest BCUT2D eigenvalue weighted by molar-refractivity contribution is -0.121. The molecule has 0 saturated carbocycles. The molecule has 2 heterocycles. The number of hydrogen-bond acceptors (Lipinski definition) is 3. The van der Waals surface area contributed by atoms with Crippen LogP contribution in [-0.2, 0) is 11.8 Å². The van der Waals surface area contributed by atoms with Crippen LogP contribution in [0.1, 0.15) is 12.5 Å². The molecule has 4 rings (SSSR count). The van der Waals surface area contributed by atoms with Crippen LogP contribution >= 0.6 is 24.0 Å². The van der Waals surface area contributed by atoms with Gasteiger partial charge in [-0.3, -0.25) is 9.69 Å². The summed E-state index contributed by atoms with van der Waals surface area (Å²) in [5.41, 5.74) is 4.44. The lowest BCUT2D eigenvalue weighted by Gasteiger charge is -2.09. The van der Waals surface area contributed by atoms with Crippen molar-refractivity contribution in [3.63, 3.8) is 0 Å². The largest absolute Gasteiger partial charge is 0.343 e. The predicted molar refractivity (Wildman–Crippen MR) is 114 cm³/mol. The fourth-order valence-electron chi connectivity index (χ4n) is 3.42. The number of carbonyl (C=O) groups excluding carboxylic acids is 1. The number of rotatable bonds is 3. The second kappa shape index (κ2) is 6.74. The molecule has 5 heteroatoms. The zero-order valence-electron chi connectivity index (χ0n) is 14.6. The SMILES string of the molecule is CCN1C(=O)/C(=C\c2c(-c3ccccc3)n(C)c3ccccc23)SC1=S. The highest BCUT2D eigenvalue weighted by Crippen LogP contribution is 2.38. The monoisotopic (exact) mass is 378 g/mol. The van der Waals surface area contributed by atoms with E-state index in [0.717, 1.165) is 27.7 Å². The number of aromatic nitrogens is 1. The first-order valence-corrected chi connectivity index (χ1v) is 9.72. The number of benzene rings is 2. The standard InChI is InChI=1S/C21H18N2OS2/c1-3-23-20(24)18(26-21(23)25)13-16-15-11-7-8-12-17(15)22(2)19(16)14-9-5-4-6-10-14/h4-13H,3H2,1-2H3/b18-13+. The van der Waals surface area contributed by atoms with E-state index in [4.69, 9.17) is 12.2 Å². The van der Waals surface area contributed by atoms with Crippen molar-refractivity contribution in [3.05, 3.63) is 65.1 Å². The number of aryl methyl sites for hydroxylation is 1. The molecular formula is C21H18N2OS2. The lowest BCUT2D eigenvalue weighted by atomic mass is 10.0. The van der Waals surface area contributed by atoms with Crippen LogP contribution in [0.5, 0.6) is 0 Å². The minimum Gasteiger partial charge on any atom is -0.343 e. The molecule has 1 amide bonds. The molecule has 0 spiro atoms. The molecule has 1 fully saturated rings. The molecule has 2 aromatic carbocycles. The van der Waals surface area contributed by atoms with Crippen LogP contribution in [0.3, 0.4) is 0 Å². The van der Waals surface area contributed by atoms with Crippen LogP contribution in [0.25, 0.3) is 28.2 Å². The summed E-state index contributed by atoms with van der Waals surface area (Å²) in [4.78, 5) is 15.0. The van der Waals surface area contributed by atoms with Crippen molar-refractivity contribution in [2.24, 2.45) is 7.05 Å². The van der Waals surface area contributed by atoms with Gasteiger partial charge in [-0.25, -0.2) is 0 Å². The average Bonchev–Trinajstić information content (AvgIpc) is 3.10. The summed E-state index contributed by atoms with van der Waals surface area (Å²) in [6.45, 7) is 2.55. The van der Waals surface area contributed by atoms with E-state index >= 15 is 0 Å². The average molecular weight is 379 g/mol. The van der Waals surface area contributed by atoms with Gasteiger partial charge >= 0.3 is 0 Å². The summed E-state index contributed by atoms with van der Waals surface area (Å²) in [7, 11) is 2.07. The van der Waals surface area contributed by atoms with Crippen molar-refractivity contribution < 1.29 is 4.79 Å². The third-order valence-corrected chi connectivity index (χ3v) is 6.04. The second-order valence-electron chi connectivity index (χ2n) is 6.13. The molecule has 1 aliphatic rings. The van der Waals surface area contributed by atoms with E-state index in [2.05, 4.69) is 35.9 Å². The molecule has 1 aliphatic heterocycles. The Morgan fingerprint density at radius 2 is 1.77 bits per heavy atom. The van der Waals surface area contributed by atoms with E-state index in [1.165, 1.54) is 11.8 Å². The van der Waals surface area contributed by atoms with Crippen LogP contribution in [0.15, 0.2) is 59.5 Å². The van der Waals surface area contributed by atoms with Crippen LogP contribution in [0, 0.1) is 0 Å². The van der Waals surface area contributed by atoms with Crippen molar-refractivity contribution in [3.8, 4) is 11.3 Å². The minimum atomic E-state index is -0.00514. The Morgan fingerprint density at radius 1 is 1.08 bits per heavy atom. The highest BCUT2D eigenvalue weighted by molar-refractivity contribution is 8.26. The van der Waals surface area contributed by atoms with Gasteiger partial charge in [-0.15, -0.1) is 0 Å². The molecule has 0 N–H and O–H groups in total. The normalized spacial score (nSPS) is 16.2. The zero-order valence-corrected chi connectivity index (χ0v) is 16.2. The number of para-hydroxylation sites is 1. The predicted octanol–water partition coefficient (Wildman–Crippen LogP) is 5.07. The molecule has 0 atom stereocenters. The smallest absolute Gasteiger partial charge is 0.266 e. The lowest BCUT2D eigenvalue weighted by Crippen LogP contribution is -2.27. The van der Waals surface area contributed by atoms with Crippen molar-refractivity contribution in [2.45, 2.75) is 6.92 Å². The third-order valence-electron chi connectivity index (χ3n) is 4.66. The molecule has 1 aromatic heterocycles. The number of thiocarbonyl (C=S) groups is 1. The summed E-state index contributed by atoms with van der Waals surface area (Å²) in [6.07, 6.45) is 2.00. The fraction of sp³-hybridized carbons (Fsp3) is 0.143. The summed E-state index contributed by atoms with van der Waals surface area (Å²) >= 11 is 6.74. The molecule has 0 bridgehead atoms. The highest BCUT2D eigenvalue weighted by Gasteiger charge is 2.31. The Hall–Kier alpha value is -2.37. The Labute approximate surface area is 162 Å². The maximum Gasteiger partial charge on any atom is 0.266 e. The van der Waals surface area contributed by atoms with Gasteiger partial charge in [0.05, 0.1) is 10.6 Å². The molecule has 0 radical (unpaired) electrons. The van der Waals surface area contributed by atoms with Crippen LogP contribution in [0.2, 0.25) is 0 Å². The van der Waals surface area contributed by atoms with Gasteiger partial charge in [0.15, 0.2) is 0 Å². The van der Waals surface area contributed by atoms with E-state index in [9.17, 15) is 4.79 Å². The number of nitrogens with zero attached hydrogens (tertiary/aromatic N) is 2. The van der Waals surface area contributed by atoms with Crippen LogP contribution in [-0.4, -0.2) is 26.2 Å². The van der Waals surface area contributed by atoms with Crippen molar-refractivity contribution in [1.82, 2.24) is 9.47 Å². The Kier molecular flexibility index (Phi) is 4.42. The summed E-state index contributed by atoms with van der Waals surface area (Å²) in [6, 6.07) is 18.6. The Morgan fingerprint density at radius 3 is 2.46 bits per heavy atom. The fourth-order valence-corrected chi connectivity index (χ4v) is 4.78. The highest BCUT2D eigenvalue weighted by atomic mass is 32.2. The number of carbonyl (C=O) groups is 1. The van der Waals surface area contributed by atoms with E-state index in [1.54, 1.807) is 4.90 Å². The number of fused-ring (bicyclic) bond motifs is 1. The molecule has 26 heavy (non-hydrogen) atoms. The van der Waals surface area contributed by atoms with Gasteiger partial charge in [-0.2, -0.15) is 0 Å². The molecule has 0 aliphatic carbocycles. The van der Waals surface area contributed by atoms with Crippen LogP contribution in [0.4, 0.5) is 0 Å². The maximum absolute atomic E-state index is 12.7. The molecule has 3 nitrogen and oxygen atoms in total. The first-order chi connectivity index (χ1) is 12.6. The van der Waals surface area contributed by atoms with Gasteiger partial charge < -0.3 is 4.57 Å². The topological polar surface area (TPSA) is 25.2 Å². The van der Waals surface area contributed by atoms with Gasteiger partial charge in [0.2, 0.25) is 0 Å².